The van der Waals surface area contributed by atoms with E-state index < -0.39 is 4.92 Å². The Morgan fingerprint density at radius 1 is 0.957 bits per heavy atom. The summed E-state index contributed by atoms with van der Waals surface area (Å²) in [6.45, 7) is 4.38. The minimum Gasteiger partial charge on any atom is -0.498 e. The maximum atomic E-state index is 10.6. The third kappa shape index (κ3) is 5.32. The number of non-ortho nitro benzene ring substituents is 1. The zero-order chi connectivity index (χ0) is 16.5. The Balaban J connectivity index is 1.91. The van der Waals surface area contributed by atoms with E-state index in [9.17, 15) is 10.1 Å². The van der Waals surface area contributed by atoms with Gasteiger partial charge in [-0.2, -0.15) is 0 Å². The third-order valence-corrected chi connectivity index (χ3v) is 3.04. The Kier molecular flexibility index (Phi) is 5.94. The fourth-order valence-corrected chi connectivity index (χ4v) is 1.87. The highest BCUT2D eigenvalue weighted by Gasteiger charge is 2.02. The SMILES string of the molecule is C=COCCOc1ccc(/C=C/c2ccc([N+](=O)[O-])cc2)cc1. The second kappa shape index (κ2) is 8.38. The Bertz CT molecular complexity index is 675. The van der Waals surface area contributed by atoms with Crippen LogP contribution in [0.25, 0.3) is 12.2 Å². The summed E-state index contributed by atoms with van der Waals surface area (Å²) in [6.07, 6.45) is 5.22. The van der Waals surface area contributed by atoms with Crippen molar-refractivity contribution in [2.45, 2.75) is 0 Å². The van der Waals surface area contributed by atoms with Gasteiger partial charge in [0, 0.05) is 12.1 Å². The average molecular weight is 311 g/mol. The molecule has 0 radical (unpaired) electrons. The summed E-state index contributed by atoms with van der Waals surface area (Å²) in [5.41, 5.74) is 2.00. The highest BCUT2D eigenvalue weighted by Crippen LogP contribution is 2.16. The molecule has 0 N–H and O–H groups in total. The summed E-state index contributed by atoms with van der Waals surface area (Å²) >= 11 is 0. The van der Waals surface area contributed by atoms with E-state index >= 15 is 0 Å². The van der Waals surface area contributed by atoms with Crippen molar-refractivity contribution in [2.75, 3.05) is 13.2 Å². The van der Waals surface area contributed by atoms with Crippen LogP contribution >= 0.6 is 0 Å². The lowest BCUT2D eigenvalue weighted by molar-refractivity contribution is -0.384. The Morgan fingerprint density at radius 3 is 2.04 bits per heavy atom. The number of nitrogens with zero attached hydrogens (tertiary/aromatic N) is 1. The van der Waals surface area contributed by atoms with E-state index in [-0.39, 0.29) is 5.69 Å². The largest absolute Gasteiger partial charge is 0.498 e. The zero-order valence-electron chi connectivity index (χ0n) is 12.6. The van der Waals surface area contributed by atoms with Crippen molar-refractivity contribution in [3.05, 3.63) is 82.6 Å². The van der Waals surface area contributed by atoms with Gasteiger partial charge in [0.05, 0.1) is 11.2 Å². The van der Waals surface area contributed by atoms with Gasteiger partial charge in [-0.15, -0.1) is 0 Å². The molecule has 0 bridgehead atoms. The highest BCUT2D eigenvalue weighted by molar-refractivity contribution is 5.70. The van der Waals surface area contributed by atoms with E-state index in [1.165, 1.54) is 18.4 Å². The van der Waals surface area contributed by atoms with Crippen molar-refractivity contribution in [1.29, 1.82) is 0 Å². The van der Waals surface area contributed by atoms with Crippen LogP contribution < -0.4 is 4.74 Å². The Labute approximate surface area is 134 Å². The van der Waals surface area contributed by atoms with E-state index in [2.05, 4.69) is 6.58 Å². The number of nitro groups is 1. The maximum absolute atomic E-state index is 10.6. The summed E-state index contributed by atoms with van der Waals surface area (Å²) in [5, 5.41) is 10.6. The molecule has 0 atom stereocenters. The topological polar surface area (TPSA) is 61.6 Å². The molecule has 0 unspecified atom stereocenters. The third-order valence-electron chi connectivity index (χ3n) is 3.04. The second-order valence-electron chi connectivity index (χ2n) is 4.64. The van der Waals surface area contributed by atoms with Gasteiger partial charge < -0.3 is 9.47 Å². The molecule has 23 heavy (non-hydrogen) atoms. The first-order chi connectivity index (χ1) is 11.2. The molecule has 0 aliphatic carbocycles. The molecule has 0 aliphatic rings. The molecule has 0 amide bonds. The molecule has 5 nitrogen and oxygen atoms in total. The van der Waals surface area contributed by atoms with Crippen LogP contribution in [0.2, 0.25) is 0 Å². The van der Waals surface area contributed by atoms with Crippen LogP contribution in [-0.4, -0.2) is 18.1 Å². The molecule has 0 heterocycles. The van der Waals surface area contributed by atoms with E-state index in [0.717, 1.165) is 16.9 Å². The van der Waals surface area contributed by atoms with Crippen molar-refractivity contribution >= 4 is 17.8 Å². The lowest BCUT2D eigenvalue weighted by Gasteiger charge is -2.05. The monoisotopic (exact) mass is 311 g/mol. The molecule has 0 saturated carbocycles. The quantitative estimate of drug-likeness (QED) is 0.240. The molecule has 0 spiro atoms. The summed E-state index contributed by atoms with van der Waals surface area (Å²) in [6, 6.07) is 14.0. The van der Waals surface area contributed by atoms with E-state index in [1.807, 2.05) is 36.4 Å². The van der Waals surface area contributed by atoms with Crippen LogP contribution in [-0.2, 0) is 4.74 Å². The van der Waals surface area contributed by atoms with Crippen molar-refractivity contribution in [1.82, 2.24) is 0 Å². The minimum absolute atomic E-state index is 0.0871. The van der Waals surface area contributed by atoms with Gasteiger partial charge in [0.1, 0.15) is 19.0 Å². The Morgan fingerprint density at radius 2 is 1.52 bits per heavy atom. The molecule has 0 fully saturated rings. The molecular weight excluding hydrogens is 294 g/mol. The molecule has 2 rings (SSSR count). The van der Waals surface area contributed by atoms with Gasteiger partial charge in [-0.3, -0.25) is 10.1 Å². The minimum atomic E-state index is -0.410. The predicted molar refractivity (Wildman–Crippen MR) is 90.1 cm³/mol. The summed E-state index contributed by atoms with van der Waals surface area (Å²) in [7, 11) is 0. The first-order valence-corrected chi connectivity index (χ1v) is 7.07. The van der Waals surface area contributed by atoms with Crippen molar-refractivity contribution < 1.29 is 14.4 Å². The standard InChI is InChI=1S/C18H17NO4/c1-2-22-13-14-23-18-11-7-16(8-12-18)4-3-15-5-9-17(10-6-15)19(20)21/h2-12H,1,13-14H2/b4-3+. The summed E-state index contributed by atoms with van der Waals surface area (Å²) in [5.74, 6) is 0.769. The number of benzene rings is 2. The van der Waals surface area contributed by atoms with Gasteiger partial charge in [0.15, 0.2) is 0 Å². The summed E-state index contributed by atoms with van der Waals surface area (Å²) in [4.78, 5) is 10.2. The molecule has 5 heteroatoms. The van der Waals surface area contributed by atoms with Gasteiger partial charge in [0.25, 0.3) is 5.69 Å². The number of hydrogen-bond acceptors (Lipinski definition) is 4. The van der Waals surface area contributed by atoms with E-state index in [1.54, 1.807) is 12.1 Å². The van der Waals surface area contributed by atoms with Crippen molar-refractivity contribution in [3.8, 4) is 5.75 Å². The average Bonchev–Trinajstić information content (AvgIpc) is 2.58. The molecule has 0 saturated heterocycles. The lowest BCUT2D eigenvalue weighted by Crippen LogP contribution is -2.03. The fourth-order valence-electron chi connectivity index (χ4n) is 1.87. The molecule has 118 valence electrons. The lowest BCUT2D eigenvalue weighted by atomic mass is 10.1. The fraction of sp³-hybridized carbons (Fsp3) is 0.111. The van der Waals surface area contributed by atoms with Crippen LogP contribution in [0.3, 0.4) is 0 Å². The van der Waals surface area contributed by atoms with Gasteiger partial charge >= 0.3 is 0 Å². The maximum Gasteiger partial charge on any atom is 0.269 e. The number of ether oxygens (including phenoxy) is 2. The van der Waals surface area contributed by atoms with Gasteiger partial charge in [-0.1, -0.05) is 30.9 Å². The smallest absolute Gasteiger partial charge is 0.269 e. The Hall–Kier alpha value is -3.08. The van der Waals surface area contributed by atoms with Gasteiger partial charge in [-0.25, -0.2) is 0 Å². The predicted octanol–water partition coefficient (Wildman–Crippen LogP) is 4.30. The van der Waals surface area contributed by atoms with Crippen LogP contribution in [0.1, 0.15) is 11.1 Å². The van der Waals surface area contributed by atoms with Gasteiger partial charge in [0.2, 0.25) is 0 Å². The molecule has 2 aromatic rings. The van der Waals surface area contributed by atoms with Crippen LogP contribution in [0, 0.1) is 10.1 Å². The highest BCUT2D eigenvalue weighted by atomic mass is 16.6. The van der Waals surface area contributed by atoms with E-state index in [0.29, 0.717) is 13.2 Å². The number of hydrogen-bond donors (Lipinski definition) is 0. The van der Waals surface area contributed by atoms with Crippen molar-refractivity contribution in [3.63, 3.8) is 0 Å². The van der Waals surface area contributed by atoms with Gasteiger partial charge in [-0.05, 0) is 35.4 Å². The molecule has 2 aromatic carbocycles. The van der Waals surface area contributed by atoms with Crippen LogP contribution in [0.15, 0.2) is 61.4 Å². The molecular formula is C18H17NO4. The van der Waals surface area contributed by atoms with Crippen LogP contribution in [0.5, 0.6) is 5.75 Å². The molecule has 0 aliphatic heterocycles. The number of nitro benzene ring substituents is 1. The zero-order valence-corrected chi connectivity index (χ0v) is 12.6. The summed E-state index contributed by atoms with van der Waals surface area (Å²) < 4.78 is 10.5. The molecule has 0 aromatic heterocycles. The second-order valence-corrected chi connectivity index (χ2v) is 4.64. The first-order valence-electron chi connectivity index (χ1n) is 7.07. The van der Waals surface area contributed by atoms with E-state index in [4.69, 9.17) is 9.47 Å². The van der Waals surface area contributed by atoms with Crippen LogP contribution in [0.4, 0.5) is 5.69 Å². The number of rotatable bonds is 8. The van der Waals surface area contributed by atoms with Crippen molar-refractivity contribution in [2.24, 2.45) is 0 Å². The normalized spacial score (nSPS) is 10.4. The first kappa shape index (κ1) is 16.3.